The maximum atomic E-state index is 10.6. The molecular formula is C14H15NO3S2. The average molecular weight is 309 g/mol. The Morgan fingerprint density at radius 3 is 3.00 bits per heavy atom. The third-order valence-corrected chi connectivity index (χ3v) is 4.77. The molecule has 0 unspecified atom stereocenters. The molecular weight excluding hydrogens is 294 g/mol. The van der Waals surface area contributed by atoms with Crippen LogP contribution in [0, 0.1) is 6.92 Å². The Bertz CT molecular complexity index is 610. The highest BCUT2D eigenvalue weighted by atomic mass is 32.2. The third-order valence-electron chi connectivity index (χ3n) is 2.65. The summed E-state index contributed by atoms with van der Waals surface area (Å²) >= 11 is 3.07. The number of rotatable bonds is 6. The first-order chi connectivity index (χ1) is 9.58. The fourth-order valence-corrected chi connectivity index (χ4v) is 3.57. The van der Waals surface area contributed by atoms with Crippen molar-refractivity contribution < 1.29 is 14.6 Å². The number of ether oxygens (including phenoxy) is 1. The molecule has 0 fully saturated rings. The average Bonchev–Trinajstić information content (AvgIpc) is 2.83. The van der Waals surface area contributed by atoms with Crippen LogP contribution in [0.1, 0.15) is 16.8 Å². The fourth-order valence-electron chi connectivity index (χ4n) is 1.75. The summed E-state index contributed by atoms with van der Waals surface area (Å²) < 4.78 is 6.22. The molecule has 1 aromatic heterocycles. The first-order valence-electron chi connectivity index (χ1n) is 6.01. The second-order valence-corrected chi connectivity index (χ2v) is 6.36. The molecule has 0 atom stereocenters. The van der Waals surface area contributed by atoms with Crippen LogP contribution in [-0.4, -0.2) is 23.2 Å². The summed E-state index contributed by atoms with van der Waals surface area (Å²) in [6.45, 7) is 2.04. The zero-order chi connectivity index (χ0) is 14.5. The Labute approximate surface area is 125 Å². The standard InChI is InChI=1S/C14H15NO3S2/c1-9-3-4-12(18-2)10(5-9)7-19-14-15-11(8-20-14)6-13(16)17/h3-5,8H,6-7H2,1-2H3,(H,16,17). The largest absolute Gasteiger partial charge is 0.496 e. The number of carbonyl (C=O) groups is 1. The van der Waals surface area contributed by atoms with E-state index < -0.39 is 5.97 Å². The molecule has 0 saturated heterocycles. The van der Waals surface area contributed by atoms with Crippen molar-refractivity contribution >= 4 is 29.1 Å². The van der Waals surface area contributed by atoms with Crippen LogP contribution in [0.2, 0.25) is 0 Å². The zero-order valence-corrected chi connectivity index (χ0v) is 12.9. The number of aliphatic carboxylic acids is 1. The van der Waals surface area contributed by atoms with E-state index >= 15 is 0 Å². The van der Waals surface area contributed by atoms with Crippen LogP contribution in [0.4, 0.5) is 0 Å². The number of hydrogen-bond donors (Lipinski definition) is 1. The number of methoxy groups -OCH3 is 1. The van der Waals surface area contributed by atoms with Gasteiger partial charge in [0.1, 0.15) is 10.1 Å². The molecule has 0 saturated carbocycles. The maximum Gasteiger partial charge on any atom is 0.309 e. The topological polar surface area (TPSA) is 59.4 Å². The van der Waals surface area contributed by atoms with Crippen molar-refractivity contribution in [3.8, 4) is 5.75 Å². The molecule has 0 aliphatic rings. The van der Waals surface area contributed by atoms with Crippen molar-refractivity contribution in [1.29, 1.82) is 0 Å². The van der Waals surface area contributed by atoms with E-state index in [1.807, 2.05) is 19.1 Å². The lowest BCUT2D eigenvalue weighted by atomic mass is 10.1. The van der Waals surface area contributed by atoms with Gasteiger partial charge in [-0.1, -0.05) is 29.5 Å². The van der Waals surface area contributed by atoms with Crippen molar-refractivity contribution in [2.75, 3.05) is 7.11 Å². The van der Waals surface area contributed by atoms with Gasteiger partial charge < -0.3 is 9.84 Å². The molecule has 1 heterocycles. The van der Waals surface area contributed by atoms with Gasteiger partial charge in [-0.05, 0) is 13.0 Å². The summed E-state index contributed by atoms with van der Waals surface area (Å²) in [4.78, 5) is 14.9. The molecule has 6 heteroatoms. The van der Waals surface area contributed by atoms with E-state index in [2.05, 4.69) is 11.1 Å². The summed E-state index contributed by atoms with van der Waals surface area (Å²) in [6, 6.07) is 6.07. The molecule has 0 spiro atoms. The van der Waals surface area contributed by atoms with Crippen molar-refractivity contribution in [2.45, 2.75) is 23.4 Å². The van der Waals surface area contributed by atoms with Gasteiger partial charge in [-0.25, -0.2) is 4.98 Å². The Hall–Kier alpha value is -1.53. The summed E-state index contributed by atoms with van der Waals surface area (Å²) in [5, 5.41) is 10.5. The summed E-state index contributed by atoms with van der Waals surface area (Å²) in [5.41, 5.74) is 2.92. The van der Waals surface area contributed by atoms with Gasteiger partial charge in [0, 0.05) is 16.7 Å². The first-order valence-corrected chi connectivity index (χ1v) is 7.87. The molecule has 106 valence electrons. The molecule has 2 rings (SSSR count). The van der Waals surface area contributed by atoms with Crippen molar-refractivity contribution in [2.24, 2.45) is 0 Å². The summed E-state index contributed by atoms with van der Waals surface area (Å²) in [5.74, 6) is 0.767. The van der Waals surface area contributed by atoms with Crippen LogP contribution in [0.25, 0.3) is 0 Å². The lowest BCUT2D eigenvalue weighted by Gasteiger charge is -2.08. The molecule has 0 amide bonds. The van der Waals surface area contributed by atoms with Crippen LogP contribution in [0.5, 0.6) is 5.75 Å². The minimum Gasteiger partial charge on any atom is -0.496 e. The maximum absolute atomic E-state index is 10.6. The zero-order valence-electron chi connectivity index (χ0n) is 11.3. The van der Waals surface area contributed by atoms with Crippen molar-refractivity contribution in [3.63, 3.8) is 0 Å². The van der Waals surface area contributed by atoms with Gasteiger partial charge in [0.05, 0.1) is 19.2 Å². The van der Waals surface area contributed by atoms with Gasteiger partial charge in [0.25, 0.3) is 0 Å². The minimum atomic E-state index is -0.854. The van der Waals surface area contributed by atoms with Gasteiger partial charge >= 0.3 is 5.97 Å². The van der Waals surface area contributed by atoms with Crippen LogP contribution in [-0.2, 0) is 17.0 Å². The summed E-state index contributed by atoms with van der Waals surface area (Å²) in [7, 11) is 1.66. The number of thioether (sulfide) groups is 1. The predicted molar refractivity (Wildman–Crippen MR) is 80.7 cm³/mol. The molecule has 1 N–H and O–H groups in total. The Kier molecular flexibility index (Phi) is 5.03. The predicted octanol–water partition coefficient (Wildman–Crippen LogP) is 3.38. The SMILES string of the molecule is COc1ccc(C)cc1CSc1nc(CC(=O)O)cs1. The van der Waals surface area contributed by atoms with Crippen molar-refractivity contribution in [1.82, 2.24) is 4.98 Å². The van der Waals surface area contributed by atoms with Gasteiger partial charge in [0.2, 0.25) is 0 Å². The number of carboxylic acids is 1. The monoisotopic (exact) mass is 309 g/mol. The molecule has 2 aromatic rings. The normalized spacial score (nSPS) is 10.5. The quantitative estimate of drug-likeness (QED) is 0.829. The molecule has 0 aliphatic carbocycles. The molecule has 0 bridgehead atoms. The fraction of sp³-hybridized carbons (Fsp3) is 0.286. The number of carboxylic acid groups (broad SMARTS) is 1. The number of benzene rings is 1. The summed E-state index contributed by atoms with van der Waals surface area (Å²) in [6.07, 6.45) is -0.0230. The second kappa shape index (κ2) is 6.76. The number of nitrogens with zero attached hydrogens (tertiary/aromatic N) is 1. The lowest BCUT2D eigenvalue weighted by molar-refractivity contribution is -0.136. The number of thiazole rings is 1. The Morgan fingerprint density at radius 1 is 1.50 bits per heavy atom. The van der Waals surface area contributed by atoms with Crippen LogP contribution >= 0.6 is 23.1 Å². The Balaban J connectivity index is 2.03. The van der Waals surface area contributed by atoms with E-state index in [1.54, 1.807) is 24.3 Å². The van der Waals surface area contributed by atoms with E-state index in [9.17, 15) is 4.79 Å². The molecule has 4 nitrogen and oxygen atoms in total. The molecule has 20 heavy (non-hydrogen) atoms. The molecule has 0 aliphatic heterocycles. The van der Waals surface area contributed by atoms with E-state index in [-0.39, 0.29) is 6.42 Å². The highest BCUT2D eigenvalue weighted by molar-refractivity contribution is 8.00. The number of aryl methyl sites for hydroxylation is 1. The van der Waals surface area contributed by atoms with E-state index in [4.69, 9.17) is 9.84 Å². The lowest BCUT2D eigenvalue weighted by Crippen LogP contribution is -1.99. The van der Waals surface area contributed by atoms with Crippen LogP contribution in [0.3, 0.4) is 0 Å². The smallest absolute Gasteiger partial charge is 0.309 e. The van der Waals surface area contributed by atoms with Gasteiger partial charge in [-0.3, -0.25) is 4.79 Å². The highest BCUT2D eigenvalue weighted by Crippen LogP contribution is 2.30. The van der Waals surface area contributed by atoms with Crippen LogP contribution in [0.15, 0.2) is 27.9 Å². The van der Waals surface area contributed by atoms with E-state index in [0.29, 0.717) is 5.69 Å². The Morgan fingerprint density at radius 2 is 2.30 bits per heavy atom. The van der Waals surface area contributed by atoms with Gasteiger partial charge in [-0.2, -0.15) is 0 Å². The van der Waals surface area contributed by atoms with E-state index in [0.717, 1.165) is 21.4 Å². The number of aromatic nitrogens is 1. The van der Waals surface area contributed by atoms with Crippen LogP contribution < -0.4 is 4.74 Å². The first kappa shape index (κ1) is 14.9. The third kappa shape index (κ3) is 3.98. The molecule has 0 radical (unpaired) electrons. The van der Waals surface area contributed by atoms with E-state index in [1.165, 1.54) is 16.9 Å². The highest BCUT2D eigenvalue weighted by Gasteiger charge is 2.09. The van der Waals surface area contributed by atoms with Crippen molar-refractivity contribution in [3.05, 3.63) is 40.4 Å². The minimum absolute atomic E-state index is 0.0230. The van der Waals surface area contributed by atoms with Gasteiger partial charge in [0.15, 0.2) is 0 Å². The van der Waals surface area contributed by atoms with Gasteiger partial charge in [-0.15, -0.1) is 11.3 Å². The number of hydrogen-bond acceptors (Lipinski definition) is 5. The second-order valence-electron chi connectivity index (χ2n) is 4.28. The molecule has 1 aromatic carbocycles.